The van der Waals surface area contributed by atoms with Gasteiger partial charge < -0.3 is 9.62 Å². The number of tetrazole rings is 1. The maximum atomic E-state index is 4.04. The summed E-state index contributed by atoms with van der Waals surface area (Å²) in [7, 11) is 2.13. The average Bonchev–Trinajstić information content (AvgIpc) is 2.73. The largest absolute Gasteiger partial charge is 0.372 e. The molecule has 1 aliphatic rings. The molecule has 1 fully saturated rings. The van der Waals surface area contributed by atoms with E-state index in [0.29, 0.717) is 25.4 Å². The Morgan fingerprint density at radius 1 is 1.40 bits per heavy atom. The Hall–Kier alpha value is -1.04. The second-order valence-electron chi connectivity index (χ2n) is 4.42. The maximum Gasteiger partial charge on any atom is 0.254 e. The first kappa shape index (κ1) is 10.5. The van der Waals surface area contributed by atoms with E-state index in [4.69, 9.17) is 0 Å². The topological polar surface area (TPSA) is 60.9 Å². The van der Waals surface area contributed by atoms with Crippen molar-refractivity contribution in [2.75, 3.05) is 18.5 Å². The molecule has 0 saturated carbocycles. The number of anilines is 1. The fourth-order valence-electron chi connectivity index (χ4n) is 2.11. The van der Waals surface area contributed by atoms with Gasteiger partial charge >= 0.3 is 0 Å². The van der Waals surface area contributed by atoms with Gasteiger partial charge in [0.15, 0.2) is 0 Å². The van der Waals surface area contributed by atoms with E-state index in [2.05, 4.69) is 57.9 Å². The molecule has 8 heteroatoms. The number of aromatic amines is 1. The van der Waals surface area contributed by atoms with Crippen molar-refractivity contribution in [1.29, 1.82) is 0 Å². The first-order valence-corrected chi connectivity index (χ1v) is 5.31. The minimum Gasteiger partial charge on any atom is -0.372 e. The van der Waals surface area contributed by atoms with Crippen molar-refractivity contribution < 1.29 is 0 Å². The second-order valence-corrected chi connectivity index (χ2v) is 4.42. The number of nitrogens with one attached hydrogen (secondary N) is 1. The van der Waals surface area contributed by atoms with E-state index in [1.807, 2.05) is 0 Å². The van der Waals surface area contributed by atoms with E-state index in [-0.39, 0.29) is 0 Å². The van der Waals surface area contributed by atoms with Crippen molar-refractivity contribution in [3.05, 3.63) is 0 Å². The van der Waals surface area contributed by atoms with E-state index in [9.17, 15) is 0 Å². The van der Waals surface area contributed by atoms with Gasteiger partial charge in [-0.2, -0.15) is 5.21 Å². The molecule has 0 bridgehead atoms. The van der Waals surface area contributed by atoms with Crippen LogP contribution < -0.4 is 4.81 Å². The van der Waals surface area contributed by atoms with Gasteiger partial charge in [-0.25, -0.2) is 0 Å². The Labute approximate surface area is 90.6 Å². The lowest BCUT2D eigenvalue weighted by Crippen LogP contribution is -2.60. The molecule has 1 unspecified atom stereocenters. The molecule has 1 N–H and O–H groups in total. The fourth-order valence-corrected chi connectivity index (χ4v) is 2.11. The van der Waals surface area contributed by atoms with Gasteiger partial charge in [0.05, 0.1) is 6.67 Å². The highest BCUT2D eigenvalue weighted by atomic mass is 15.5. The van der Waals surface area contributed by atoms with Crippen molar-refractivity contribution in [2.24, 2.45) is 0 Å². The summed E-state index contributed by atoms with van der Waals surface area (Å²) in [6.07, 6.45) is 0. The van der Waals surface area contributed by atoms with Crippen molar-refractivity contribution in [1.82, 2.24) is 25.4 Å². The normalized spacial score (nSPS) is 23.7. The summed E-state index contributed by atoms with van der Waals surface area (Å²) >= 11 is 0. The number of hydrogen-bond donors (Lipinski definition) is 1. The molecule has 1 saturated heterocycles. The van der Waals surface area contributed by atoms with Crippen LogP contribution >= 0.6 is 0 Å². The number of aromatic nitrogens is 4. The lowest BCUT2D eigenvalue weighted by atomic mass is 9.31. The van der Waals surface area contributed by atoms with Gasteiger partial charge in [-0.05, 0) is 12.3 Å². The molecule has 1 aliphatic heterocycles. The molecule has 80 valence electrons. The van der Waals surface area contributed by atoms with Crippen LogP contribution in [-0.4, -0.2) is 52.8 Å². The van der Waals surface area contributed by atoms with Gasteiger partial charge in [0, 0.05) is 0 Å². The number of H-pyrrole nitrogens is 1. The van der Waals surface area contributed by atoms with Crippen molar-refractivity contribution >= 4 is 19.6 Å². The van der Waals surface area contributed by atoms with Crippen LogP contribution in [0.15, 0.2) is 0 Å². The molecule has 6 nitrogen and oxygen atoms in total. The molecule has 0 radical (unpaired) electrons. The summed E-state index contributed by atoms with van der Waals surface area (Å²) in [5, 5.41) is 14.2. The minimum absolute atomic E-state index is 0.439. The van der Waals surface area contributed by atoms with Crippen LogP contribution in [0.4, 0.5) is 5.95 Å². The van der Waals surface area contributed by atoms with Crippen LogP contribution in [0, 0.1) is 0 Å². The molecule has 0 spiro atoms. The smallest absolute Gasteiger partial charge is 0.254 e. The Bertz CT molecular complexity index is 317. The Balaban J connectivity index is 2.20. The Morgan fingerprint density at radius 3 is 2.73 bits per heavy atom. The van der Waals surface area contributed by atoms with Crippen molar-refractivity contribution in [2.45, 2.75) is 26.3 Å². The van der Waals surface area contributed by atoms with Crippen molar-refractivity contribution in [3.8, 4) is 0 Å². The molecule has 1 atom stereocenters. The quantitative estimate of drug-likeness (QED) is 0.659. The third-order valence-electron chi connectivity index (χ3n) is 3.68. The molecular formula is C7H16B2N6. The predicted octanol–water partition coefficient (Wildman–Crippen LogP) is 0.0809. The summed E-state index contributed by atoms with van der Waals surface area (Å²) in [4.78, 5) is 4.48. The van der Waals surface area contributed by atoms with Gasteiger partial charge in [0.1, 0.15) is 0 Å². The van der Waals surface area contributed by atoms with E-state index in [1.54, 1.807) is 0 Å². The molecule has 0 aliphatic carbocycles. The number of rotatable bonds is 1. The highest BCUT2D eigenvalue weighted by Gasteiger charge is 2.39. The zero-order chi connectivity index (χ0) is 11.0. The van der Waals surface area contributed by atoms with Gasteiger partial charge in [0.2, 0.25) is 6.85 Å². The molecule has 2 rings (SSSR count). The summed E-state index contributed by atoms with van der Waals surface area (Å²) in [6, 6.07) is 0. The minimum atomic E-state index is 0.439. The van der Waals surface area contributed by atoms with Crippen molar-refractivity contribution in [3.63, 3.8) is 0 Å². The van der Waals surface area contributed by atoms with Crippen LogP contribution in [0.2, 0.25) is 19.4 Å². The SMILES string of the molecule is CB1C(C)B(C)N(c2nn[nH]n2)CN1C. The predicted molar refractivity (Wildman–Crippen MR) is 61.9 cm³/mol. The molecule has 0 aromatic carbocycles. The zero-order valence-electron chi connectivity index (χ0n) is 9.68. The van der Waals surface area contributed by atoms with Crippen LogP contribution in [0.5, 0.6) is 0 Å². The fraction of sp³-hybridized carbons (Fsp3) is 0.857. The highest BCUT2D eigenvalue weighted by Crippen LogP contribution is 2.26. The molecule has 15 heavy (non-hydrogen) atoms. The molecular weight excluding hydrogens is 190 g/mol. The molecule has 1 aromatic heterocycles. The highest BCUT2D eigenvalue weighted by molar-refractivity contribution is 6.80. The molecule has 0 amide bonds. The van der Waals surface area contributed by atoms with Gasteiger partial charge in [-0.15, -0.1) is 5.10 Å². The lowest BCUT2D eigenvalue weighted by molar-refractivity contribution is 0.515. The zero-order valence-corrected chi connectivity index (χ0v) is 9.68. The third kappa shape index (κ3) is 1.73. The second kappa shape index (κ2) is 3.84. The third-order valence-corrected chi connectivity index (χ3v) is 3.68. The van der Waals surface area contributed by atoms with Crippen LogP contribution in [0.1, 0.15) is 6.92 Å². The summed E-state index contributed by atoms with van der Waals surface area (Å²) in [5.74, 6) is 0.688. The maximum absolute atomic E-state index is 4.04. The molecule has 1 aromatic rings. The summed E-state index contributed by atoms with van der Waals surface area (Å²) < 4.78 is 0. The average molecular weight is 206 g/mol. The van der Waals surface area contributed by atoms with E-state index in [1.165, 1.54) is 0 Å². The number of nitrogens with zero attached hydrogens (tertiary/aromatic N) is 5. The first-order valence-electron chi connectivity index (χ1n) is 5.31. The lowest BCUT2D eigenvalue weighted by Gasteiger charge is -2.43. The standard InChI is InChI=1S/C7H16B2N6/c1-6-8(2)14(4)5-15(9(6)3)7-10-12-13-11-7/h6H,5H2,1-4H3,(H,10,11,12,13). The Morgan fingerprint density at radius 2 is 2.13 bits per heavy atom. The molecule has 2 heterocycles. The summed E-state index contributed by atoms with van der Waals surface area (Å²) in [5.41, 5.74) is 0.585. The monoisotopic (exact) mass is 206 g/mol. The van der Waals surface area contributed by atoms with E-state index in [0.717, 1.165) is 6.67 Å². The summed E-state index contributed by atoms with van der Waals surface area (Å²) in [6.45, 7) is 8.61. The van der Waals surface area contributed by atoms with Crippen LogP contribution in [0.3, 0.4) is 0 Å². The number of hydrogen-bond acceptors (Lipinski definition) is 5. The Kier molecular flexibility index (Phi) is 2.68. The van der Waals surface area contributed by atoms with E-state index >= 15 is 0 Å². The van der Waals surface area contributed by atoms with Gasteiger partial charge in [-0.1, -0.05) is 31.4 Å². The van der Waals surface area contributed by atoms with Gasteiger partial charge in [-0.3, -0.25) is 0 Å². The first-order chi connectivity index (χ1) is 7.11. The van der Waals surface area contributed by atoms with Gasteiger partial charge in [0.25, 0.3) is 12.8 Å². The van der Waals surface area contributed by atoms with E-state index < -0.39 is 0 Å². The van der Waals surface area contributed by atoms with Crippen LogP contribution in [0.25, 0.3) is 0 Å². The van der Waals surface area contributed by atoms with Crippen LogP contribution in [-0.2, 0) is 0 Å².